The fourth-order valence-electron chi connectivity index (χ4n) is 11.0. The van der Waals surface area contributed by atoms with Crippen molar-refractivity contribution in [3.63, 3.8) is 0 Å². The van der Waals surface area contributed by atoms with Gasteiger partial charge in [0, 0.05) is 76.6 Å². The second kappa shape index (κ2) is 28.4. The largest absolute Gasteiger partial charge is 0.461 e. The van der Waals surface area contributed by atoms with Gasteiger partial charge in [0.05, 0.1) is 31.0 Å². The van der Waals surface area contributed by atoms with Crippen LogP contribution in [-0.2, 0) is 44.7 Å². The Balaban J connectivity index is 1.11. The van der Waals surface area contributed by atoms with Gasteiger partial charge in [-0.15, -0.1) is 0 Å². The molecule has 1 amide bonds. The van der Waals surface area contributed by atoms with E-state index in [1.54, 1.807) is 7.11 Å². The number of aliphatic hydroxyl groups is 1. The second-order valence-corrected chi connectivity index (χ2v) is 21.7. The first kappa shape index (κ1) is 56.2. The predicted octanol–water partition coefficient (Wildman–Crippen LogP) is 8.71. The summed E-state index contributed by atoms with van der Waals surface area (Å²) in [6.07, 6.45) is 25.3. The Labute approximate surface area is 425 Å². The minimum Gasteiger partial charge on any atom is -0.461 e. The zero-order valence-electron chi connectivity index (χ0n) is 44.2. The van der Waals surface area contributed by atoms with Crippen LogP contribution in [0.3, 0.4) is 0 Å². The van der Waals surface area contributed by atoms with E-state index in [0.29, 0.717) is 70.4 Å². The number of methoxy groups -OCH3 is 1. The molecule has 1 aromatic rings. The molecule has 0 radical (unpaired) electrons. The fraction of sp³-hybridized carbons (Fsp3) is 0.719. The lowest BCUT2D eigenvalue weighted by Gasteiger charge is -2.36. The molecule has 9 atom stereocenters. The predicted molar refractivity (Wildman–Crippen MR) is 276 cm³/mol. The number of likely N-dealkylation sites (N-methyl/N-ethyl adjacent to an activating group) is 1. The van der Waals surface area contributed by atoms with Crippen LogP contribution in [-0.4, -0.2) is 138 Å². The molecule has 1 aromatic heterocycles. The van der Waals surface area contributed by atoms with Gasteiger partial charge in [-0.25, -0.2) is 14.8 Å². The number of carbonyl (C=O) groups is 4. The summed E-state index contributed by atoms with van der Waals surface area (Å²) in [7, 11) is 3.80. The number of esters is 1. The van der Waals surface area contributed by atoms with Crippen molar-refractivity contribution < 1.29 is 43.2 Å². The fourth-order valence-corrected chi connectivity index (χ4v) is 11.0. The molecule has 0 spiro atoms. The molecule has 4 aliphatic heterocycles. The van der Waals surface area contributed by atoms with Gasteiger partial charge in [-0.05, 0) is 146 Å². The topological polar surface area (TPSA) is 161 Å². The van der Waals surface area contributed by atoms with Gasteiger partial charge in [0.25, 0.3) is 5.91 Å². The van der Waals surface area contributed by atoms with Gasteiger partial charge in [0.1, 0.15) is 24.0 Å². The first-order chi connectivity index (χ1) is 34.2. The number of rotatable bonds is 8. The van der Waals surface area contributed by atoms with Crippen molar-refractivity contribution in [1.82, 2.24) is 19.8 Å². The Morgan fingerprint density at radius 2 is 1.52 bits per heavy atom. The number of nitrogens with zero attached hydrogens (tertiary/aromatic N) is 5. The van der Waals surface area contributed by atoms with Gasteiger partial charge in [0.2, 0.25) is 11.7 Å². The van der Waals surface area contributed by atoms with E-state index in [-0.39, 0.29) is 54.4 Å². The van der Waals surface area contributed by atoms with Crippen LogP contribution < -0.4 is 4.90 Å². The molecule has 5 aliphatic rings. The van der Waals surface area contributed by atoms with Crippen molar-refractivity contribution in [1.29, 1.82) is 0 Å². The minimum atomic E-state index is -0.876. The number of fused-ring (bicyclic) bond motifs is 3. The number of amides is 1. The van der Waals surface area contributed by atoms with Crippen LogP contribution in [0.25, 0.3) is 0 Å². The van der Waals surface area contributed by atoms with E-state index in [1.165, 1.54) is 4.90 Å². The molecule has 5 heterocycles. The molecule has 3 saturated heterocycles. The number of aromatic nitrogens is 2. The average molecular weight is 986 g/mol. The number of ether oxygens (including phenoxy) is 4. The number of piperidine rings is 1. The highest BCUT2D eigenvalue weighted by molar-refractivity contribution is 6.38. The Morgan fingerprint density at radius 1 is 0.775 bits per heavy atom. The summed E-state index contributed by atoms with van der Waals surface area (Å²) in [6.45, 7) is 14.7. The van der Waals surface area contributed by atoms with Gasteiger partial charge in [-0.2, -0.15) is 0 Å². The van der Waals surface area contributed by atoms with Crippen LogP contribution in [0.1, 0.15) is 149 Å². The number of hydrogen-bond acceptors (Lipinski definition) is 13. The summed E-state index contributed by atoms with van der Waals surface area (Å²) in [4.78, 5) is 71.0. The smallest absolute Gasteiger partial charge is 0.329 e. The van der Waals surface area contributed by atoms with E-state index in [0.717, 1.165) is 100 Å². The third-order valence-electron chi connectivity index (χ3n) is 15.8. The van der Waals surface area contributed by atoms with E-state index >= 15 is 0 Å². The molecule has 1 aliphatic carbocycles. The first-order valence-corrected chi connectivity index (χ1v) is 27.2. The van der Waals surface area contributed by atoms with Crippen LogP contribution in [0.2, 0.25) is 0 Å². The number of aliphatic hydroxyl groups excluding tert-OH is 1. The maximum Gasteiger partial charge on any atom is 0.329 e. The zero-order chi connectivity index (χ0) is 50.9. The lowest BCUT2D eigenvalue weighted by Crippen LogP contribution is -2.54. The number of carbonyl (C=O) groups excluding carboxylic acids is 4. The molecule has 14 nitrogen and oxygen atoms in total. The molecular weight excluding hydrogens is 899 g/mol. The maximum atomic E-state index is 14.3. The molecule has 6 rings (SSSR count). The second-order valence-electron chi connectivity index (χ2n) is 21.7. The Hall–Kier alpha value is -4.08. The van der Waals surface area contributed by atoms with Crippen molar-refractivity contribution in [2.24, 2.45) is 23.7 Å². The molecular formula is C57H87N5O9. The van der Waals surface area contributed by atoms with Crippen molar-refractivity contribution in [3.05, 3.63) is 65.6 Å². The van der Waals surface area contributed by atoms with Crippen molar-refractivity contribution >= 4 is 29.4 Å². The molecule has 1 N–H and O–H groups in total. The number of ketones is 2. The Kier molecular flexibility index (Phi) is 22.5. The van der Waals surface area contributed by atoms with Crippen molar-refractivity contribution in [2.45, 2.75) is 193 Å². The number of hydrogen-bond donors (Lipinski definition) is 1. The quantitative estimate of drug-likeness (QED) is 0.150. The first-order valence-electron chi connectivity index (χ1n) is 27.2. The molecule has 2 bridgehead atoms. The average Bonchev–Trinajstić information content (AvgIpc) is 3.37. The van der Waals surface area contributed by atoms with Gasteiger partial charge in [-0.3, -0.25) is 14.4 Å². The Morgan fingerprint density at radius 3 is 2.25 bits per heavy atom. The van der Waals surface area contributed by atoms with Gasteiger partial charge in [-0.1, -0.05) is 57.2 Å². The molecule has 71 heavy (non-hydrogen) atoms. The van der Waals surface area contributed by atoms with Gasteiger partial charge in [0.15, 0.2) is 0 Å². The summed E-state index contributed by atoms with van der Waals surface area (Å²) in [6, 6.07) is -0.842. The van der Waals surface area contributed by atoms with E-state index in [2.05, 4.69) is 46.7 Å². The van der Waals surface area contributed by atoms with E-state index in [9.17, 15) is 24.3 Å². The highest BCUT2D eigenvalue weighted by atomic mass is 16.5. The lowest BCUT2D eigenvalue weighted by molar-refractivity contribution is -0.167. The standard InChI is InChI=1S/C57H87N5O9/c1-39-14-9-8-10-15-41(3)53(68-7)34-48-16-13-18-52(70-48)54(65)55(66)62-27-12-11-17-49(62)56(67)71-47(23-19-40(2)33-43(5)51(64)35-50(63)42(4)32-39)26-22-44-20-24-46(25-21-44)69-38-45-36-58-57(59-37-45)61-30-28-60(6)29-31-61/h8-10,14-15,33,36-37,39-40,42,44,46-49,51-53,64H,11-13,16-32,34-35,38H2,1-7H3/b10-8+,14-9+,41-15+,43-33+. The number of allylic oxidation sites excluding steroid dienone is 6. The van der Waals surface area contributed by atoms with E-state index < -0.39 is 35.9 Å². The third-order valence-corrected chi connectivity index (χ3v) is 15.8. The van der Waals surface area contributed by atoms with Gasteiger partial charge >= 0.3 is 5.97 Å². The van der Waals surface area contributed by atoms with Crippen LogP contribution in [0.15, 0.2) is 60.0 Å². The number of Topliss-reactive ketones (excluding diaryl/α,β-unsaturated/α-hetero) is 2. The molecule has 9 unspecified atom stereocenters. The monoisotopic (exact) mass is 986 g/mol. The summed E-state index contributed by atoms with van der Waals surface area (Å²) in [5, 5.41) is 11.2. The Bertz CT molecular complexity index is 1990. The lowest BCUT2D eigenvalue weighted by atomic mass is 9.83. The summed E-state index contributed by atoms with van der Waals surface area (Å²) in [5.41, 5.74) is 2.74. The third kappa shape index (κ3) is 17.5. The van der Waals surface area contributed by atoms with E-state index in [1.807, 2.05) is 63.5 Å². The van der Waals surface area contributed by atoms with Crippen LogP contribution in [0.5, 0.6) is 0 Å². The van der Waals surface area contributed by atoms with Crippen LogP contribution >= 0.6 is 0 Å². The summed E-state index contributed by atoms with van der Waals surface area (Å²) in [5.74, 6) is -0.418. The highest BCUT2D eigenvalue weighted by Crippen LogP contribution is 2.33. The number of cyclic esters (lactones) is 1. The molecule has 0 aromatic carbocycles. The van der Waals surface area contributed by atoms with Crippen LogP contribution in [0.4, 0.5) is 5.95 Å². The summed E-state index contributed by atoms with van der Waals surface area (Å²) < 4.78 is 25.0. The van der Waals surface area contributed by atoms with Gasteiger partial charge < -0.3 is 38.8 Å². The minimum absolute atomic E-state index is 0.0423. The SMILES string of the molecule is COC1CC2CCCC(O2)C(=O)C(=O)N2CCCCC2C(=O)OC(CCC2CCC(OCc3cnc(N4CCN(C)CC4)nc3)CC2)CCC(C)/C=C(\C)C(O)CC(=O)C(C)CC(C)/C=C/C=C/C=C/1C. The van der Waals surface area contributed by atoms with Crippen molar-refractivity contribution in [2.75, 3.05) is 51.8 Å². The molecule has 14 heteroatoms. The number of piperazine rings is 1. The maximum absolute atomic E-state index is 14.3. The number of anilines is 1. The van der Waals surface area contributed by atoms with E-state index in [4.69, 9.17) is 18.9 Å². The normalized spacial score (nSPS) is 34.8. The van der Waals surface area contributed by atoms with Crippen LogP contribution in [0, 0.1) is 23.7 Å². The van der Waals surface area contributed by atoms with Crippen molar-refractivity contribution in [3.8, 4) is 0 Å². The molecule has 394 valence electrons. The zero-order valence-corrected chi connectivity index (χ0v) is 44.2. The molecule has 4 fully saturated rings. The highest BCUT2D eigenvalue weighted by Gasteiger charge is 2.41. The molecule has 1 saturated carbocycles. The summed E-state index contributed by atoms with van der Waals surface area (Å²) >= 11 is 0.